The van der Waals surface area contributed by atoms with Crippen LogP contribution in [0, 0.1) is 0 Å². The first kappa shape index (κ1) is 14.5. The summed E-state index contributed by atoms with van der Waals surface area (Å²) >= 11 is 9.22. The van der Waals surface area contributed by atoms with E-state index in [9.17, 15) is 4.79 Å². The molecule has 0 fully saturated rings. The van der Waals surface area contributed by atoms with E-state index in [1.807, 2.05) is 0 Å². The fourth-order valence-corrected chi connectivity index (χ4v) is 2.25. The minimum Gasteiger partial charge on any atom is -0.383 e. The van der Waals surface area contributed by atoms with Crippen molar-refractivity contribution < 1.29 is 9.53 Å². The van der Waals surface area contributed by atoms with Crippen LogP contribution in [0.3, 0.4) is 0 Å². The Hall–Kier alpha value is -0.580. The molecular formula is C12H15BrClNO2. The molecule has 0 radical (unpaired) electrons. The number of nitrogens with zero attached hydrogens (tertiary/aromatic N) is 1. The second-order valence-corrected chi connectivity index (χ2v) is 5.48. The van der Waals surface area contributed by atoms with Crippen LogP contribution in [0.1, 0.15) is 10.4 Å². The van der Waals surface area contributed by atoms with Crippen LogP contribution < -0.4 is 0 Å². The maximum Gasteiger partial charge on any atom is 0.253 e. The molecule has 1 aromatic rings. The SMILES string of the molecule is COCC(Br)CN(C)C(=O)c1ccc(Cl)cc1. The van der Waals surface area contributed by atoms with E-state index in [4.69, 9.17) is 16.3 Å². The number of methoxy groups -OCH3 is 1. The summed E-state index contributed by atoms with van der Waals surface area (Å²) in [4.78, 5) is 13.8. The Morgan fingerprint density at radius 3 is 2.59 bits per heavy atom. The zero-order chi connectivity index (χ0) is 12.8. The van der Waals surface area contributed by atoms with Crippen LogP contribution in [-0.2, 0) is 4.74 Å². The molecule has 0 aromatic heterocycles. The maximum absolute atomic E-state index is 12.0. The summed E-state index contributed by atoms with van der Waals surface area (Å²) in [6.07, 6.45) is 0. The summed E-state index contributed by atoms with van der Waals surface area (Å²) in [6, 6.07) is 6.87. The lowest BCUT2D eigenvalue weighted by atomic mass is 10.2. The Bertz CT molecular complexity index is 369. The molecule has 1 atom stereocenters. The molecule has 0 aliphatic heterocycles. The van der Waals surface area contributed by atoms with Crippen LogP contribution in [-0.4, -0.2) is 42.9 Å². The van der Waals surface area contributed by atoms with Crippen molar-refractivity contribution in [3.63, 3.8) is 0 Å². The van der Waals surface area contributed by atoms with E-state index >= 15 is 0 Å². The first-order valence-electron chi connectivity index (χ1n) is 5.18. The fraction of sp³-hybridized carbons (Fsp3) is 0.417. The molecule has 1 unspecified atom stereocenters. The predicted molar refractivity (Wildman–Crippen MR) is 73.0 cm³/mol. The van der Waals surface area contributed by atoms with Crippen LogP contribution in [0.25, 0.3) is 0 Å². The van der Waals surface area contributed by atoms with Crippen molar-refractivity contribution in [2.75, 3.05) is 27.3 Å². The number of alkyl halides is 1. The third-order valence-corrected chi connectivity index (χ3v) is 3.06. The number of rotatable bonds is 5. The average molecular weight is 321 g/mol. The van der Waals surface area contributed by atoms with E-state index in [2.05, 4.69) is 15.9 Å². The molecule has 17 heavy (non-hydrogen) atoms. The van der Waals surface area contributed by atoms with Crippen molar-refractivity contribution in [3.05, 3.63) is 34.9 Å². The molecule has 0 aliphatic rings. The van der Waals surface area contributed by atoms with Crippen LogP contribution in [0.2, 0.25) is 5.02 Å². The largest absolute Gasteiger partial charge is 0.383 e. The van der Waals surface area contributed by atoms with Gasteiger partial charge >= 0.3 is 0 Å². The lowest BCUT2D eigenvalue weighted by Gasteiger charge is -2.20. The van der Waals surface area contributed by atoms with E-state index in [1.165, 1.54) is 0 Å². The van der Waals surface area contributed by atoms with Gasteiger partial charge in [0.15, 0.2) is 0 Å². The number of benzene rings is 1. The Balaban J connectivity index is 2.60. The Kier molecular flexibility index (Phi) is 5.95. The summed E-state index contributed by atoms with van der Waals surface area (Å²) in [5, 5.41) is 0.627. The average Bonchev–Trinajstić information content (AvgIpc) is 2.29. The van der Waals surface area contributed by atoms with Crippen molar-refractivity contribution in [2.45, 2.75) is 4.83 Å². The van der Waals surface area contributed by atoms with Gasteiger partial charge in [-0.25, -0.2) is 0 Å². The molecule has 0 N–H and O–H groups in total. The van der Waals surface area contributed by atoms with Gasteiger partial charge in [-0.1, -0.05) is 27.5 Å². The second-order valence-electron chi connectivity index (χ2n) is 3.75. The highest BCUT2D eigenvalue weighted by Gasteiger charge is 2.14. The number of amides is 1. The van der Waals surface area contributed by atoms with Crippen molar-refractivity contribution in [2.24, 2.45) is 0 Å². The number of hydrogen-bond donors (Lipinski definition) is 0. The van der Waals surface area contributed by atoms with Crippen LogP contribution >= 0.6 is 27.5 Å². The van der Waals surface area contributed by atoms with E-state index in [0.717, 1.165) is 0 Å². The van der Waals surface area contributed by atoms with Gasteiger partial charge in [0.05, 0.1) is 11.4 Å². The molecule has 94 valence electrons. The van der Waals surface area contributed by atoms with Gasteiger partial charge in [-0.3, -0.25) is 4.79 Å². The highest BCUT2D eigenvalue weighted by atomic mass is 79.9. The van der Waals surface area contributed by atoms with Crippen molar-refractivity contribution >= 4 is 33.4 Å². The quantitative estimate of drug-likeness (QED) is 0.781. The van der Waals surface area contributed by atoms with Gasteiger partial charge in [0.1, 0.15) is 0 Å². The van der Waals surface area contributed by atoms with Crippen LogP contribution in [0.4, 0.5) is 0 Å². The number of ether oxygens (including phenoxy) is 1. The van der Waals surface area contributed by atoms with Gasteiger partial charge in [-0.15, -0.1) is 0 Å². The molecule has 0 spiro atoms. The molecule has 1 aromatic carbocycles. The number of halogens is 2. The molecule has 3 nitrogen and oxygen atoms in total. The molecule has 0 bridgehead atoms. The summed E-state index contributed by atoms with van der Waals surface area (Å²) in [5.74, 6) is -0.0257. The van der Waals surface area contributed by atoms with Crippen molar-refractivity contribution in [1.82, 2.24) is 4.90 Å². The van der Waals surface area contributed by atoms with Crippen molar-refractivity contribution in [3.8, 4) is 0 Å². The highest BCUT2D eigenvalue weighted by Crippen LogP contribution is 2.12. The highest BCUT2D eigenvalue weighted by molar-refractivity contribution is 9.09. The summed E-state index contributed by atoms with van der Waals surface area (Å²) in [6.45, 7) is 1.16. The van der Waals surface area contributed by atoms with Crippen molar-refractivity contribution in [1.29, 1.82) is 0 Å². The maximum atomic E-state index is 12.0. The predicted octanol–water partition coefficient (Wildman–Crippen LogP) is 2.82. The molecule has 1 rings (SSSR count). The molecule has 0 saturated heterocycles. The molecule has 5 heteroatoms. The molecule has 1 amide bonds. The standard InChI is InChI=1S/C12H15BrClNO2/c1-15(7-10(13)8-17-2)12(16)9-3-5-11(14)6-4-9/h3-6,10H,7-8H2,1-2H3. The third kappa shape index (κ3) is 4.66. The lowest BCUT2D eigenvalue weighted by molar-refractivity contribution is 0.0784. The molecule has 0 heterocycles. The van der Waals surface area contributed by atoms with Crippen LogP contribution in [0.15, 0.2) is 24.3 Å². The van der Waals surface area contributed by atoms with E-state index < -0.39 is 0 Å². The van der Waals surface area contributed by atoms with Gasteiger partial charge in [0, 0.05) is 31.3 Å². The first-order chi connectivity index (χ1) is 8.04. The third-order valence-electron chi connectivity index (χ3n) is 2.26. The van der Waals surface area contributed by atoms with E-state index in [1.54, 1.807) is 43.3 Å². The monoisotopic (exact) mass is 319 g/mol. The topological polar surface area (TPSA) is 29.5 Å². The molecule has 0 saturated carbocycles. The van der Waals surface area contributed by atoms with Gasteiger partial charge < -0.3 is 9.64 Å². The first-order valence-corrected chi connectivity index (χ1v) is 6.48. The van der Waals surface area contributed by atoms with Gasteiger partial charge in [-0.05, 0) is 24.3 Å². The van der Waals surface area contributed by atoms with Crippen LogP contribution in [0.5, 0.6) is 0 Å². The minimum absolute atomic E-state index is 0.0257. The Morgan fingerprint density at radius 1 is 1.47 bits per heavy atom. The Morgan fingerprint density at radius 2 is 2.06 bits per heavy atom. The number of carbonyl (C=O) groups excluding carboxylic acids is 1. The Labute approximate surface area is 115 Å². The lowest BCUT2D eigenvalue weighted by Crippen LogP contribution is -2.33. The zero-order valence-corrected chi connectivity index (χ0v) is 12.2. The van der Waals surface area contributed by atoms with E-state index in [0.29, 0.717) is 23.7 Å². The number of carbonyl (C=O) groups is 1. The second kappa shape index (κ2) is 6.99. The zero-order valence-electron chi connectivity index (χ0n) is 9.82. The fourth-order valence-electron chi connectivity index (χ4n) is 1.43. The van der Waals surface area contributed by atoms with Gasteiger partial charge in [-0.2, -0.15) is 0 Å². The normalized spacial score (nSPS) is 12.2. The van der Waals surface area contributed by atoms with Gasteiger partial charge in [0.25, 0.3) is 5.91 Å². The minimum atomic E-state index is -0.0257. The summed E-state index contributed by atoms with van der Waals surface area (Å²) in [5.41, 5.74) is 0.633. The summed E-state index contributed by atoms with van der Waals surface area (Å²) < 4.78 is 5.00. The smallest absolute Gasteiger partial charge is 0.253 e. The summed E-state index contributed by atoms with van der Waals surface area (Å²) in [7, 11) is 3.40. The van der Waals surface area contributed by atoms with E-state index in [-0.39, 0.29) is 10.7 Å². The molecular weight excluding hydrogens is 305 g/mol. The number of hydrogen-bond acceptors (Lipinski definition) is 2. The van der Waals surface area contributed by atoms with Gasteiger partial charge in [0.2, 0.25) is 0 Å². The molecule has 0 aliphatic carbocycles.